The molecule has 3 amide bonds. The van der Waals surface area contributed by atoms with Crippen LogP contribution in [0.3, 0.4) is 0 Å². The highest BCUT2D eigenvalue weighted by Crippen LogP contribution is 2.16. The van der Waals surface area contributed by atoms with Crippen molar-refractivity contribution in [2.24, 2.45) is 0 Å². The summed E-state index contributed by atoms with van der Waals surface area (Å²) in [5, 5.41) is 7.97. The van der Waals surface area contributed by atoms with Gasteiger partial charge in [0.2, 0.25) is 5.91 Å². The number of hydrogen-bond donors (Lipinski definition) is 3. The summed E-state index contributed by atoms with van der Waals surface area (Å²) in [5.74, 6) is -0.120. The number of hydrogen-bond acceptors (Lipinski definition) is 2. The summed E-state index contributed by atoms with van der Waals surface area (Å²) in [4.78, 5) is 22.7. The number of nitrogens with one attached hydrogen (secondary N) is 3. The quantitative estimate of drug-likeness (QED) is 0.624. The van der Waals surface area contributed by atoms with Crippen molar-refractivity contribution >= 4 is 11.9 Å². The van der Waals surface area contributed by atoms with Gasteiger partial charge in [0.25, 0.3) is 0 Å². The molecule has 0 heterocycles. The van der Waals surface area contributed by atoms with E-state index in [9.17, 15) is 9.59 Å². The number of carbonyl (C=O) groups is 2. The van der Waals surface area contributed by atoms with Crippen molar-refractivity contribution in [3.63, 3.8) is 0 Å². The summed E-state index contributed by atoms with van der Waals surface area (Å²) in [6.07, 6.45) is 7.30. The van der Waals surface area contributed by atoms with Crippen LogP contribution in [-0.2, 0) is 4.79 Å². The van der Waals surface area contributed by atoms with Gasteiger partial charge in [-0.1, -0.05) is 25.3 Å². The van der Waals surface area contributed by atoms with Crippen molar-refractivity contribution in [3.8, 4) is 0 Å². The van der Waals surface area contributed by atoms with Gasteiger partial charge in [-0.15, -0.1) is 6.58 Å². The van der Waals surface area contributed by atoms with E-state index >= 15 is 0 Å². The fourth-order valence-corrected chi connectivity index (χ4v) is 1.91. The van der Waals surface area contributed by atoms with E-state index in [4.69, 9.17) is 0 Å². The Labute approximate surface area is 102 Å². The van der Waals surface area contributed by atoms with Crippen LogP contribution in [0.25, 0.3) is 0 Å². The van der Waals surface area contributed by atoms with Gasteiger partial charge in [-0.05, 0) is 12.8 Å². The standard InChI is InChI=1S/C12H21N3O2/c1-2-8-13-12(17)14-9-11(16)15-10-6-4-3-5-7-10/h2,10H,1,3-9H2,(H,15,16)(H2,13,14,17). The van der Waals surface area contributed by atoms with E-state index in [1.807, 2.05) is 0 Å². The summed E-state index contributed by atoms with van der Waals surface area (Å²) in [6.45, 7) is 3.91. The van der Waals surface area contributed by atoms with Crippen LogP contribution in [0.2, 0.25) is 0 Å². The van der Waals surface area contributed by atoms with Gasteiger partial charge in [0.1, 0.15) is 0 Å². The molecule has 5 nitrogen and oxygen atoms in total. The first-order valence-electron chi connectivity index (χ1n) is 6.14. The Morgan fingerprint density at radius 2 is 1.88 bits per heavy atom. The Morgan fingerprint density at radius 1 is 1.18 bits per heavy atom. The van der Waals surface area contributed by atoms with Gasteiger partial charge in [0.15, 0.2) is 0 Å². The lowest BCUT2D eigenvalue weighted by molar-refractivity contribution is -0.121. The molecule has 0 aliphatic heterocycles. The molecule has 0 saturated heterocycles. The second-order valence-electron chi connectivity index (χ2n) is 4.25. The van der Waals surface area contributed by atoms with Gasteiger partial charge in [-0.2, -0.15) is 0 Å². The molecule has 1 saturated carbocycles. The minimum Gasteiger partial charge on any atom is -0.352 e. The van der Waals surface area contributed by atoms with Gasteiger partial charge in [-0.25, -0.2) is 4.79 Å². The summed E-state index contributed by atoms with van der Waals surface area (Å²) in [7, 11) is 0. The van der Waals surface area contributed by atoms with E-state index in [1.165, 1.54) is 19.3 Å². The molecular weight excluding hydrogens is 218 g/mol. The van der Waals surface area contributed by atoms with Crippen LogP contribution >= 0.6 is 0 Å². The predicted molar refractivity (Wildman–Crippen MR) is 66.6 cm³/mol. The van der Waals surface area contributed by atoms with Crippen LogP contribution in [0.15, 0.2) is 12.7 Å². The molecule has 17 heavy (non-hydrogen) atoms. The Kier molecular flexibility index (Phi) is 6.14. The number of urea groups is 1. The maximum Gasteiger partial charge on any atom is 0.315 e. The SMILES string of the molecule is C=CCNC(=O)NCC(=O)NC1CCCCC1. The summed E-state index contributed by atoms with van der Waals surface area (Å²) in [5.41, 5.74) is 0. The van der Waals surface area contributed by atoms with Gasteiger partial charge < -0.3 is 16.0 Å². The number of rotatable bonds is 5. The van der Waals surface area contributed by atoms with Crippen LogP contribution in [0.4, 0.5) is 4.79 Å². The Bertz CT molecular complexity index is 273. The van der Waals surface area contributed by atoms with Gasteiger partial charge in [0.05, 0.1) is 6.54 Å². The van der Waals surface area contributed by atoms with Crippen LogP contribution in [0, 0.1) is 0 Å². The Balaban J connectivity index is 2.11. The zero-order valence-corrected chi connectivity index (χ0v) is 10.1. The molecule has 1 fully saturated rings. The number of carbonyl (C=O) groups excluding carboxylic acids is 2. The van der Waals surface area contributed by atoms with E-state index < -0.39 is 0 Å². The Hall–Kier alpha value is -1.52. The van der Waals surface area contributed by atoms with Gasteiger partial charge >= 0.3 is 6.03 Å². The maximum atomic E-state index is 11.5. The zero-order chi connectivity index (χ0) is 12.5. The largest absolute Gasteiger partial charge is 0.352 e. The second kappa shape index (κ2) is 7.70. The molecule has 0 aromatic rings. The van der Waals surface area contributed by atoms with Crippen LogP contribution in [0.5, 0.6) is 0 Å². The molecule has 5 heteroatoms. The number of amides is 3. The first kappa shape index (κ1) is 13.5. The third-order valence-corrected chi connectivity index (χ3v) is 2.79. The summed E-state index contributed by atoms with van der Waals surface area (Å²) < 4.78 is 0. The highest BCUT2D eigenvalue weighted by molar-refractivity contribution is 5.84. The van der Waals surface area contributed by atoms with Crippen molar-refractivity contribution in [2.45, 2.75) is 38.1 Å². The monoisotopic (exact) mass is 239 g/mol. The van der Waals surface area contributed by atoms with Crippen LogP contribution < -0.4 is 16.0 Å². The maximum absolute atomic E-state index is 11.5. The van der Waals surface area contributed by atoms with E-state index in [-0.39, 0.29) is 24.5 Å². The molecule has 0 spiro atoms. The molecule has 0 radical (unpaired) electrons. The lowest BCUT2D eigenvalue weighted by Crippen LogP contribution is -2.45. The molecule has 96 valence electrons. The molecule has 0 bridgehead atoms. The fraction of sp³-hybridized carbons (Fsp3) is 0.667. The van der Waals surface area contributed by atoms with E-state index in [0.717, 1.165) is 12.8 Å². The molecule has 0 unspecified atom stereocenters. The second-order valence-corrected chi connectivity index (χ2v) is 4.25. The van der Waals surface area contributed by atoms with Crippen molar-refractivity contribution in [3.05, 3.63) is 12.7 Å². The molecule has 1 aliphatic carbocycles. The van der Waals surface area contributed by atoms with Crippen LogP contribution in [0.1, 0.15) is 32.1 Å². The van der Waals surface area contributed by atoms with Crippen molar-refractivity contribution in [1.29, 1.82) is 0 Å². The summed E-state index contributed by atoms with van der Waals surface area (Å²) >= 11 is 0. The molecule has 0 aromatic heterocycles. The van der Waals surface area contributed by atoms with Gasteiger partial charge in [0, 0.05) is 12.6 Å². The first-order valence-corrected chi connectivity index (χ1v) is 6.14. The fourth-order valence-electron chi connectivity index (χ4n) is 1.91. The average molecular weight is 239 g/mol. The summed E-state index contributed by atoms with van der Waals surface area (Å²) in [6, 6.07) is -0.0574. The van der Waals surface area contributed by atoms with Crippen molar-refractivity contribution < 1.29 is 9.59 Å². The molecule has 0 aromatic carbocycles. The average Bonchev–Trinajstić information content (AvgIpc) is 2.35. The molecule has 1 rings (SSSR count). The lowest BCUT2D eigenvalue weighted by atomic mass is 9.95. The zero-order valence-electron chi connectivity index (χ0n) is 10.1. The van der Waals surface area contributed by atoms with Crippen LogP contribution in [-0.4, -0.2) is 31.1 Å². The van der Waals surface area contributed by atoms with Crippen molar-refractivity contribution in [1.82, 2.24) is 16.0 Å². The topological polar surface area (TPSA) is 70.2 Å². The highest BCUT2D eigenvalue weighted by atomic mass is 16.2. The highest BCUT2D eigenvalue weighted by Gasteiger charge is 2.15. The predicted octanol–water partition coefficient (Wildman–Crippen LogP) is 0.920. The first-order chi connectivity index (χ1) is 8.22. The third-order valence-electron chi connectivity index (χ3n) is 2.79. The minimum absolute atomic E-state index is 0.0273. The lowest BCUT2D eigenvalue weighted by Gasteiger charge is -2.22. The molecule has 1 aliphatic rings. The smallest absolute Gasteiger partial charge is 0.315 e. The molecule has 3 N–H and O–H groups in total. The normalized spacial score (nSPS) is 16.0. The van der Waals surface area contributed by atoms with Crippen molar-refractivity contribution in [2.75, 3.05) is 13.1 Å². The van der Waals surface area contributed by atoms with E-state index in [0.29, 0.717) is 6.54 Å². The van der Waals surface area contributed by atoms with E-state index in [2.05, 4.69) is 22.5 Å². The van der Waals surface area contributed by atoms with Gasteiger partial charge in [-0.3, -0.25) is 4.79 Å². The Morgan fingerprint density at radius 3 is 2.53 bits per heavy atom. The molecular formula is C12H21N3O2. The third kappa shape index (κ3) is 5.94. The van der Waals surface area contributed by atoms with E-state index in [1.54, 1.807) is 6.08 Å². The molecule has 0 atom stereocenters. The minimum atomic E-state index is -0.344.